The molecule has 1 aliphatic heterocycles. The van der Waals surface area contributed by atoms with E-state index in [4.69, 9.17) is 4.74 Å². The number of aliphatic hydroxyl groups is 1. The third-order valence-electron chi connectivity index (χ3n) is 2.73. The molecule has 1 N–H and O–H groups in total. The lowest BCUT2D eigenvalue weighted by Gasteiger charge is -2.18. The van der Waals surface area contributed by atoms with Crippen molar-refractivity contribution in [2.75, 3.05) is 0 Å². The quantitative estimate of drug-likeness (QED) is 0.730. The maximum atomic E-state index is 9.79. The van der Waals surface area contributed by atoms with Gasteiger partial charge in [-0.05, 0) is 38.5 Å². The second-order valence-electron chi connectivity index (χ2n) is 4.60. The van der Waals surface area contributed by atoms with Gasteiger partial charge in [0.15, 0.2) is 0 Å². The van der Waals surface area contributed by atoms with Crippen molar-refractivity contribution >= 4 is 0 Å². The van der Waals surface area contributed by atoms with Gasteiger partial charge >= 0.3 is 0 Å². The van der Waals surface area contributed by atoms with E-state index >= 15 is 0 Å². The summed E-state index contributed by atoms with van der Waals surface area (Å²) in [4.78, 5) is 0. The zero-order valence-electron chi connectivity index (χ0n) is 8.99. The zero-order valence-corrected chi connectivity index (χ0v) is 8.99. The molecule has 0 radical (unpaired) electrons. The fraction of sp³-hybridized carbons (Fsp3) is 1.00. The Morgan fingerprint density at radius 1 is 1.31 bits per heavy atom. The van der Waals surface area contributed by atoms with Crippen molar-refractivity contribution in [3.63, 3.8) is 0 Å². The molecular weight excluding hydrogens is 164 g/mol. The van der Waals surface area contributed by atoms with Crippen LogP contribution in [0.25, 0.3) is 0 Å². The van der Waals surface area contributed by atoms with Crippen LogP contribution < -0.4 is 0 Å². The molecule has 0 aromatic carbocycles. The van der Waals surface area contributed by atoms with Crippen molar-refractivity contribution in [2.24, 2.45) is 5.92 Å². The Hall–Kier alpha value is -0.0800. The van der Waals surface area contributed by atoms with Crippen LogP contribution in [0.2, 0.25) is 0 Å². The topological polar surface area (TPSA) is 29.5 Å². The summed E-state index contributed by atoms with van der Waals surface area (Å²) in [5, 5.41) is 9.79. The molecule has 0 aromatic rings. The zero-order chi connectivity index (χ0) is 9.84. The van der Waals surface area contributed by atoms with Crippen LogP contribution in [0.3, 0.4) is 0 Å². The molecule has 0 spiro atoms. The first-order valence-corrected chi connectivity index (χ1v) is 5.43. The molecule has 0 aromatic heterocycles. The molecule has 13 heavy (non-hydrogen) atoms. The van der Waals surface area contributed by atoms with Crippen LogP contribution in [0.1, 0.15) is 46.5 Å². The molecule has 3 unspecified atom stereocenters. The largest absolute Gasteiger partial charge is 0.390 e. The Balaban J connectivity index is 2.19. The Morgan fingerprint density at radius 2 is 2.00 bits per heavy atom. The van der Waals surface area contributed by atoms with Crippen LogP contribution >= 0.6 is 0 Å². The molecule has 1 saturated heterocycles. The van der Waals surface area contributed by atoms with Crippen molar-refractivity contribution < 1.29 is 9.84 Å². The fourth-order valence-corrected chi connectivity index (χ4v) is 1.81. The first kappa shape index (κ1) is 11.0. The fourth-order valence-electron chi connectivity index (χ4n) is 1.81. The molecule has 1 heterocycles. The maximum absolute atomic E-state index is 9.79. The number of hydrogen-bond acceptors (Lipinski definition) is 2. The van der Waals surface area contributed by atoms with Gasteiger partial charge in [-0.2, -0.15) is 0 Å². The van der Waals surface area contributed by atoms with Crippen molar-refractivity contribution in [3.8, 4) is 0 Å². The Labute approximate surface area is 81.3 Å². The van der Waals surface area contributed by atoms with Crippen LogP contribution in [0.15, 0.2) is 0 Å². The van der Waals surface area contributed by atoms with Crippen LogP contribution in [0, 0.1) is 5.92 Å². The van der Waals surface area contributed by atoms with Crippen molar-refractivity contribution in [3.05, 3.63) is 0 Å². The molecule has 0 bridgehead atoms. The Kier molecular flexibility index (Phi) is 4.20. The second-order valence-corrected chi connectivity index (χ2v) is 4.60. The minimum Gasteiger partial charge on any atom is -0.390 e. The van der Waals surface area contributed by atoms with Gasteiger partial charge in [0, 0.05) is 0 Å². The number of aliphatic hydroxyl groups excluding tert-OH is 1. The van der Waals surface area contributed by atoms with Crippen LogP contribution in [0.5, 0.6) is 0 Å². The molecule has 0 aliphatic carbocycles. The lowest BCUT2D eigenvalue weighted by atomic mass is 10.0. The third kappa shape index (κ3) is 3.65. The summed E-state index contributed by atoms with van der Waals surface area (Å²) in [6.45, 7) is 6.45. The predicted octanol–water partition coefficient (Wildman–Crippen LogP) is 2.35. The first-order chi connectivity index (χ1) is 6.09. The van der Waals surface area contributed by atoms with E-state index in [1.165, 1.54) is 0 Å². The van der Waals surface area contributed by atoms with Gasteiger partial charge in [-0.25, -0.2) is 0 Å². The second kappa shape index (κ2) is 4.97. The monoisotopic (exact) mass is 186 g/mol. The number of hydrogen-bond donors (Lipinski definition) is 1. The SMILES string of the molecule is CC(C)CCC(O)C1CCC(C)O1. The van der Waals surface area contributed by atoms with Crippen molar-refractivity contribution in [1.29, 1.82) is 0 Å². The molecule has 2 heteroatoms. The summed E-state index contributed by atoms with van der Waals surface area (Å²) < 4.78 is 5.61. The molecule has 0 saturated carbocycles. The summed E-state index contributed by atoms with van der Waals surface area (Å²) in [6.07, 6.45) is 4.31. The minimum absolute atomic E-state index is 0.105. The molecule has 78 valence electrons. The van der Waals surface area contributed by atoms with Crippen LogP contribution in [-0.4, -0.2) is 23.4 Å². The van der Waals surface area contributed by atoms with E-state index < -0.39 is 0 Å². The highest BCUT2D eigenvalue weighted by Gasteiger charge is 2.27. The van der Waals surface area contributed by atoms with Gasteiger partial charge in [0.2, 0.25) is 0 Å². The maximum Gasteiger partial charge on any atom is 0.0838 e. The van der Waals surface area contributed by atoms with Crippen molar-refractivity contribution in [1.82, 2.24) is 0 Å². The molecule has 1 fully saturated rings. The van der Waals surface area contributed by atoms with E-state index in [0.29, 0.717) is 12.0 Å². The average molecular weight is 186 g/mol. The van der Waals surface area contributed by atoms with Gasteiger partial charge in [0.25, 0.3) is 0 Å². The first-order valence-electron chi connectivity index (χ1n) is 5.43. The standard InChI is InChI=1S/C11H22O2/c1-8(2)4-6-10(12)11-7-5-9(3)13-11/h8-12H,4-7H2,1-3H3. The molecule has 3 atom stereocenters. The summed E-state index contributed by atoms with van der Waals surface area (Å²) in [7, 11) is 0. The van der Waals surface area contributed by atoms with Gasteiger partial charge in [0.05, 0.1) is 18.3 Å². The predicted molar refractivity (Wildman–Crippen MR) is 53.6 cm³/mol. The summed E-state index contributed by atoms with van der Waals surface area (Å²) in [6, 6.07) is 0. The molecular formula is C11H22O2. The summed E-state index contributed by atoms with van der Waals surface area (Å²) in [5.74, 6) is 0.675. The van der Waals surface area contributed by atoms with Gasteiger partial charge in [-0.15, -0.1) is 0 Å². The van der Waals surface area contributed by atoms with E-state index in [1.807, 2.05) is 0 Å². The number of ether oxygens (including phenoxy) is 1. The molecule has 0 amide bonds. The van der Waals surface area contributed by atoms with Crippen LogP contribution in [-0.2, 0) is 4.74 Å². The van der Waals surface area contributed by atoms with Gasteiger partial charge in [-0.1, -0.05) is 13.8 Å². The summed E-state index contributed by atoms with van der Waals surface area (Å²) >= 11 is 0. The minimum atomic E-state index is -0.243. The molecule has 1 rings (SSSR count). The smallest absolute Gasteiger partial charge is 0.0838 e. The normalized spacial score (nSPS) is 31.2. The van der Waals surface area contributed by atoms with E-state index in [2.05, 4.69) is 20.8 Å². The van der Waals surface area contributed by atoms with E-state index in [-0.39, 0.29) is 12.2 Å². The molecule has 2 nitrogen and oxygen atoms in total. The average Bonchev–Trinajstić information content (AvgIpc) is 2.47. The van der Waals surface area contributed by atoms with E-state index in [9.17, 15) is 5.11 Å². The third-order valence-corrected chi connectivity index (χ3v) is 2.73. The Morgan fingerprint density at radius 3 is 2.46 bits per heavy atom. The highest BCUT2D eigenvalue weighted by molar-refractivity contribution is 4.77. The Bertz CT molecular complexity index is 145. The molecule has 1 aliphatic rings. The lowest BCUT2D eigenvalue weighted by molar-refractivity contribution is -0.0330. The van der Waals surface area contributed by atoms with Crippen molar-refractivity contribution in [2.45, 2.75) is 64.8 Å². The van der Waals surface area contributed by atoms with E-state index in [0.717, 1.165) is 25.7 Å². The number of rotatable bonds is 4. The van der Waals surface area contributed by atoms with E-state index in [1.54, 1.807) is 0 Å². The summed E-state index contributed by atoms with van der Waals surface area (Å²) in [5.41, 5.74) is 0. The highest BCUT2D eigenvalue weighted by atomic mass is 16.5. The van der Waals surface area contributed by atoms with Crippen LogP contribution in [0.4, 0.5) is 0 Å². The van der Waals surface area contributed by atoms with Gasteiger partial charge in [-0.3, -0.25) is 0 Å². The lowest BCUT2D eigenvalue weighted by Crippen LogP contribution is -2.26. The highest BCUT2D eigenvalue weighted by Crippen LogP contribution is 2.24. The van der Waals surface area contributed by atoms with Gasteiger partial charge < -0.3 is 9.84 Å². The van der Waals surface area contributed by atoms with Gasteiger partial charge in [0.1, 0.15) is 0 Å².